The lowest BCUT2D eigenvalue weighted by atomic mass is 10.1. The molecule has 1 atom stereocenters. The van der Waals surface area contributed by atoms with Crippen LogP contribution in [0.3, 0.4) is 0 Å². The minimum absolute atomic E-state index is 0.515. The van der Waals surface area contributed by atoms with Crippen LogP contribution in [0.2, 0.25) is 0 Å². The van der Waals surface area contributed by atoms with E-state index in [2.05, 4.69) is 6.92 Å². The molecule has 0 aliphatic carbocycles. The highest BCUT2D eigenvalue weighted by atomic mass is 35.7. The molecule has 0 aromatic heterocycles. The van der Waals surface area contributed by atoms with Gasteiger partial charge in [0.25, 0.3) is 6.72 Å². The Balaban J connectivity index is 3.13. The van der Waals surface area contributed by atoms with E-state index in [-0.39, 0.29) is 0 Å². The van der Waals surface area contributed by atoms with E-state index in [0.29, 0.717) is 6.16 Å². The second-order valence-electron chi connectivity index (χ2n) is 4.32. The van der Waals surface area contributed by atoms with Crippen molar-refractivity contribution < 1.29 is 9.09 Å². The van der Waals surface area contributed by atoms with Gasteiger partial charge in [-0.15, -0.1) is 0 Å². The Bertz CT molecular complexity index is 197. The summed E-state index contributed by atoms with van der Waals surface area (Å²) in [4.78, 5) is 0. The first-order valence-corrected chi connectivity index (χ1v) is 9.18. The van der Waals surface area contributed by atoms with Crippen LogP contribution in [0.5, 0.6) is 0 Å². The highest BCUT2D eigenvalue weighted by Crippen LogP contribution is 2.52. The van der Waals surface area contributed by atoms with Crippen LogP contribution < -0.4 is 0 Å². The Morgan fingerprint density at radius 3 is 1.81 bits per heavy atom. The topological polar surface area (TPSA) is 26.3 Å². The van der Waals surface area contributed by atoms with Gasteiger partial charge in [0.2, 0.25) is 0 Å². The normalized spacial score (nSPS) is 14.9. The summed E-state index contributed by atoms with van der Waals surface area (Å²) in [6.07, 6.45) is 11.8. The van der Waals surface area contributed by atoms with E-state index >= 15 is 0 Å². The molecule has 0 saturated heterocycles. The van der Waals surface area contributed by atoms with E-state index in [4.69, 9.17) is 15.8 Å². The first kappa shape index (κ1) is 16.5. The van der Waals surface area contributed by atoms with Crippen molar-refractivity contribution in [2.24, 2.45) is 0 Å². The molecular formula is C12H26ClO2P. The second-order valence-corrected chi connectivity index (χ2v) is 7.86. The van der Waals surface area contributed by atoms with E-state index in [0.717, 1.165) is 12.8 Å². The molecule has 0 bridgehead atoms. The molecule has 0 N–H and O–H groups in total. The number of halogens is 1. The van der Waals surface area contributed by atoms with Crippen molar-refractivity contribution >= 4 is 18.0 Å². The van der Waals surface area contributed by atoms with Gasteiger partial charge in [0, 0.05) is 13.3 Å². The van der Waals surface area contributed by atoms with E-state index < -0.39 is 6.72 Å². The number of hydrogen-bond donors (Lipinski definition) is 0. The van der Waals surface area contributed by atoms with Crippen LogP contribution in [0.1, 0.15) is 64.7 Å². The van der Waals surface area contributed by atoms with E-state index in [1.807, 2.05) is 0 Å². The number of rotatable bonds is 11. The molecule has 4 heteroatoms. The van der Waals surface area contributed by atoms with Crippen LogP contribution in [0, 0.1) is 0 Å². The van der Waals surface area contributed by atoms with Gasteiger partial charge in [-0.3, -0.25) is 4.57 Å². The molecule has 0 heterocycles. The van der Waals surface area contributed by atoms with E-state index in [9.17, 15) is 4.57 Å². The standard InChI is InChI=1S/C12H26ClO2P/c1-3-4-5-6-7-8-9-10-11-12-16(13,14)15-2/h3-12H2,1-2H3. The van der Waals surface area contributed by atoms with Gasteiger partial charge in [-0.05, 0) is 17.7 Å². The maximum Gasteiger partial charge on any atom is 0.289 e. The molecule has 0 radical (unpaired) electrons. The van der Waals surface area contributed by atoms with Crippen LogP contribution in [0.25, 0.3) is 0 Å². The molecule has 1 unspecified atom stereocenters. The third kappa shape index (κ3) is 11.0. The van der Waals surface area contributed by atoms with Gasteiger partial charge in [-0.25, -0.2) is 0 Å². The summed E-state index contributed by atoms with van der Waals surface area (Å²) in [7, 11) is 1.42. The van der Waals surface area contributed by atoms with Crippen molar-refractivity contribution in [3.05, 3.63) is 0 Å². The Morgan fingerprint density at radius 2 is 1.38 bits per heavy atom. The molecule has 0 saturated carbocycles. The predicted molar refractivity (Wildman–Crippen MR) is 72.6 cm³/mol. The fourth-order valence-corrected chi connectivity index (χ4v) is 2.85. The SMILES string of the molecule is CCCCCCCCCCCP(=O)(Cl)OC. The molecule has 0 rings (SSSR count). The summed E-state index contributed by atoms with van der Waals surface area (Å²) >= 11 is 5.65. The zero-order valence-corrected chi connectivity index (χ0v) is 12.4. The molecule has 0 fully saturated rings. The van der Waals surface area contributed by atoms with Crippen molar-refractivity contribution in [1.82, 2.24) is 0 Å². The first-order valence-electron chi connectivity index (χ1n) is 6.47. The Morgan fingerprint density at radius 1 is 0.938 bits per heavy atom. The minimum atomic E-state index is -2.77. The zero-order valence-electron chi connectivity index (χ0n) is 10.7. The van der Waals surface area contributed by atoms with Gasteiger partial charge >= 0.3 is 0 Å². The van der Waals surface area contributed by atoms with Crippen molar-refractivity contribution in [1.29, 1.82) is 0 Å². The smallest absolute Gasteiger partial charge is 0.289 e. The molecule has 0 aliphatic rings. The Hall–Kier alpha value is 0.480. The summed E-state index contributed by atoms with van der Waals surface area (Å²) in [5.41, 5.74) is 0. The lowest BCUT2D eigenvalue weighted by Crippen LogP contribution is -1.87. The van der Waals surface area contributed by atoms with E-state index in [1.165, 1.54) is 52.1 Å². The fraction of sp³-hybridized carbons (Fsp3) is 1.00. The second kappa shape index (κ2) is 10.6. The quantitative estimate of drug-likeness (QED) is 0.360. The molecule has 2 nitrogen and oxygen atoms in total. The highest BCUT2D eigenvalue weighted by Gasteiger charge is 2.15. The van der Waals surface area contributed by atoms with Crippen molar-refractivity contribution in [2.45, 2.75) is 64.7 Å². The Kier molecular flexibility index (Phi) is 10.9. The largest absolute Gasteiger partial charge is 0.321 e. The van der Waals surface area contributed by atoms with Gasteiger partial charge in [0.1, 0.15) is 0 Å². The van der Waals surface area contributed by atoms with Crippen molar-refractivity contribution in [2.75, 3.05) is 13.3 Å². The van der Waals surface area contributed by atoms with Crippen molar-refractivity contribution in [3.63, 3.8) is 0 Å². The molecule has 0 amide bonds. The third-order valence-electron chi connectivity index (χ3n) is 2.80. The highest BCUT2D eigenvalue weighted by molar-refractivity contribution is 7.85. The summed E-state index contributed by atoms with van der Waals surface area (Å²) in [6.45, 7) is -0.535. The van der Waals surface area contributed by atoms with Crippen LogP contribution in [-0.2, 0) is 9.09 Å². The monoisotopic (exact) mass is 268 g/mol. The average molecular weight is 269 g/mol. The first-order chi connectivity index (χ1) is 7.62. The van der Waals surface area contributed by atoms with Gasteiger partial charge < -0.3 is 4.52 Å². The summed E-state index contributed by atoms with van der Waals surface area (Å²) < 4.78 is 16.1. The predicted octanol–water partition coefficient (Wildman–Crippen LogP) is 5.60. The van der Waals surface area contributed by atoms with Gasteiger partial charge in [-0.1, -0.05) is 58.3 Å². The minimum Gasteiger partial charge on any atom is -0.321 e. The van der Waals surface area contributed by atoms with Gasteiger partial charge in [0.05, 0.1) is 0 Å². The fourth-order valence-electron chi connectivity index (χ4n) is 1.70. The molecule has 0 aliphatic heterocycles. The maximum absolute atomic E-state index is 11.3. The molecular weight excluding hydrogens is 243 g/mol. The van der Waals surface area contributed by atoms with Gasteiger partial charge in [-0.2, -0.15) is 0 Å². The zero-order chi connectivity index (χ0) is 12.3. The molecule has 98 valence electrons. The van der Waals surface area contributed by atoms with Crippen LogP contribution in [-0.4, -0.2) is 13.3 Å². The van der Waals surface area contributed by atoms with Crippen LogP contribution in [0.4, 0.5) is 0 Å². The summed E-state index contributed by atoms with van der Waals surface area (Å²) in [6, 6.07) is 0. The number of unbranched alkanes of at least 4 members (excludes halogenated alkanes) is 8. The van der Waals surface area contributed by atoms with E-state index in [1.54, 1.807) is 0 Å². The molecule has 0 spiro atoms. The molecule has 16 heavy (non-hydrogen) atoms. The summed E-state index contributed by atoms with van der Waals surface area (Å²) in [5, 5.41) is 0. The van der Waals surface area contributed by atoms with Crippen LogP contribution >= 0.6 is 18.0 Å². The average Bonchev–Trinajstić information content (AvgIpc) is 2.27. The maximum atomic E-state index is 11.3. The lowest BCUT2D eigenvalue weighted by molar-refractivity contribution is 0.406. The van der Waals surface area contributed by atoms with Crippen LogP contribution in [0.15, 0.2) is 0 Å². The summed E-state index contributed by atoms with van der Waals surface area (Å²) in [5.74, 6) is 0. The molecule has 0 aromatic rings. The van der Waals surface area contributed by atoms with Gasteiger partial charge in [0.15, 0.2) is 0 Å². The number of hydrogen-bond acceptors (Lipinski definition) is 2. The van der Waals surface area contributed by atoms with Crippen molar-refractivity contribution in [3.8, 4) is 0 Å². The lowest BCUT2D eigenvalue weighted by Gasteiger charge is -2.07. The third-order valence-corrected chi connectivity index (χ3v) is 5.12. The molecule has 0 aromatic carbocycles. The Labute approximate surface area is 105 Å².